The van der Waals surface area contributed by atoms with Crippen LogP contribution in [0.4, 0.5) is 0 Å². The van der Waals surface area contributed by atoms with Crippen LogP contribution >= 0.6 is 11.8 Å². The van der Waals surface area contributed by atoms with Gasteiger partial charge in [0.15, 0.2) is 15.0 Å². The van der Waals surface area contributed by atoms with E-state index in [2.05, 4.69) is 9.97 Å². The monoisotopic (exact) mass is 329 g/mol. The fourth-order valence-corrected chi connectivity index (χ4v) is 4.31. The molecule has 1 aromatic heterocycles. The molecule has 0 N–H and O–H groups in total. The minimum Gasteiger partial charge on any atom is -0.340 e. The minimum absolute atomic E-state index is 0.0518. The smallest absolute Gasteiger partial charge is 0.235 e. The third-order valence-electron chi connectivity index (χ3n) is 3.25. The van der Waals surface area contributed by atoms with Crippen molar-refractivity contribution in [2.75, 3.05) is 24.6 Å². The van der Waals surface area contributed by atoms with Crippen molar-refractivity contribution in [1.29, 1.82) is 0 Å². The van der Waals surface area contributed by atoms with Gasteiger partial charge >= 0.3 is 0 Å². The van der Waals surface area contributed by atoms with Crippen molar-refractivity contribution >= 4 is 27.5 Å². The van der Waals surface area contributed by atoms with E-state index in [1.807, 2.05) is 19.9 Å². The summed E-state index contributed by atoms with van der Waals surface area (Å²) >= 11 is 1.31. The molecule has 6 nitrogen and oxygen atoms in total. The zero-order valence-corrected chi connectivity index (χ0v) is 14.0. The van der Waals surface area contributed by atoms with Gasteiger partial charge in [-0.05, 0) is 26.8 Å². The third kappa shape index (κ3) is 4.41. The summed E-state index contributed by atoms with van der Waals surface area (Å²) in [6.07, 6.45) is 0. The third-order valence-corrected chi connectivity index (χ3v) is 5.81. The van der Waals surface area contributed by atoms with Crippen LogP contribution in [-0.2, 0) is 14.6 Å². The van der Waals surface area contributed by atoms with Gasteiger partial charge in [-0.25, -0.2) is 18.4 Å². The number of carbonyl (C=O) groups is 1. The van der Waals surface area contributed by atoms with Gasteiger partial charge in [-0.3, -0.25) is 4.79 Å². The van der Waals surface area contributed by atoms with Crippen LogP contribution in [0.15, 0.2) is 11.2 Å². The topological polar surface area (TPSA) is 80.2 Å². The number of carbonyl (C=O) groups excluding carboxylic acids is 1. The van der Waals surface area contributed by atoms with E-state index in [0.29, 0.717) is 5.16 Å². The largest absolute Gasteiger partial charge is 0.340 e. The summed E-state index contributed by atoms with van der Waals surface area (Å²) in [6, 6.07) is 1.88. The van der Waals surface area contributed by atoms with E-state index in [-0.39, 0.29) is 35.8 Å². The highest BCUT2D eigenvalue weighted by atomic mass is 32.2. The summed E-state index contributed by atoms with van der Waals surface area (Å²) in [6.45, 7) is 6.14. The van der Waals surface area contributed by atoms with Crippen molar-refractivity contribution in [3.8, 4) is 0 Å². The molecule has 1 unspecified atom stereocenters. The van der Waals surface area contributed by atoms with Crippen molar-refractivity contribution in [2.45, 2.75) is 31.2 Å². The summed E-state index contributed by atoms with van der Waals surface area (Å²) in [5.74, 6) is 0.0458. The van der Waals surface area contributed by atoms with E-state index in [1.54, 1.807) is 11.8 Å². The van der Waals surface area contributed by atoms with Gasteiger partial charge < -0.3 is 4.90 Å². The van der Waals surface area contributed by atoms with E-state index in [4.69, 9.17) is 0 Å². The number of aryl methyl sites for hydroxylation is 2. The van der Waals surface area contributed by atoms with Gasteiger partial charge in [0, 0.05) is 24.5 Å². The molecule has 2 heterocycles. The Bertz CT molecular complexity index is 612. The lowest BCUT2D eigenvalue weighted by atomic mass is 10.3. The molecule has 8 heteroatoms. The van der Waals surface area contributed by atoms with Gasteiger partial charge in [0.1, 0.15) is 0 Å². The highest BCUT2D eigenvalue weighted by molar-refractivity contribution is 8.00. The first kappa shape index (κ1) is 16.2. The van der Waals surface area contributed by atoms with Crippen LogP contribution in [-0.4, -0.2) is 59.0 Å². The van der Waals surface area contributed by atoms with Gasteiger partial charge in [-0.1, -0.05) is 11.8 Å². The van der Waals surface area contributed by atoms with Crippen LogP contribution in [0, 0.1) is 13.8 Å². The molecule has 0 saturated carbocycles. The predicted molar refractivity (Wildman–Crippen MR) is 82.1 cm³/mol. The molecule has 0 aliphatic carbocycles. The number of nitrogens with zero attached hydrogens (tertiary/aromatic N) is 3. The first-order valence-electron chi connectivity index (χ1n) is 6.75. The molecule has 1 fully saturated rings. The first-order valence-corrected chi connectivity index (χ1v) is 9.45. The Balaban J connectivity index is 2.00. The maximum absolute atomic E-state index is 12.3. The summed E-state index contributed by atoms with van der Waals surface area (Å²) < 4.78 is 22.8. The molecule has 1 aromatic rings. The van der Waals surface area contributed by atoms with Gasteiger partial charge in [-0.2, -0.15) is 0 Å². The molecule has 116 valence electrons. The maximum Gasteiger partial charge on any atom is 0.235 e. The molecule has 0 spiro atoms. The fourth-order valence-electron chi connectivity index (χ4n) is 2.14. The number of thioether (sulfide) groups is 1. The van der Waals surface area contributed by atoms with E-state index in [0.717, 1.165) is 11.4 Å². The number of rotatable bonds is 3. The molecule has 1 atom stereocenters. The SMILES string of the molecule is Cc1cc(C)nc(SC(C)C(=O)N2CCS(=O)(=O)CC2)n1. The average molecular weight is 329 g/mol. The number of sulfone groups is 1. The highest BCUT2D eigenvalue weighted by Gasteiger charge is 2.28. The number of hydrogen-bond acceptors (Lipinski definition) is 6. The summed E-state index contributed by atoms with van der Waals surface area (Å²) in [4.78, 5) is 22.6. The number of amides is 1. The lowest BCUT2D eigenvalue weighted by Gasteiger charge is -2.28. The van der Waals surface area contributed by atoms with Crippen LogP contribution in [0.1, 0.15) is 18.3 Å². The van der Waals surface area contributed by atoms with Crippen LogP contribution in [0.3, 0.4) is 0 Å². The Morgan fingerprint density at radius 3 is 2.29 bits per heavy atom. The maximum atomic E-state index is 12.3. The van der Waals surface area contributed by atoms with Crippen molar-refractivity contribution < 1.29 is 13.2 Å². The second-order valence-electron chi connectivity index (χ2n) is 5.17. The zero-order valence-electron chi connectivity index (χ0n) is 12.4. The van der Waals surface area contributed by atoms with Crippen LogP contribution in [0.5, 0.6) is 0 Å². The van der Waals surface area contributed by atoms with E-state index in [1.165, 1.54) is 11.8 Å². The molecule has 0 bridgehead atoms. The highest BCUT2D eigenvalue weighted by Crippen LogP contribution is 2.22. The Morgan fingerprint density at radius 1 is 1.24 bits per heavy atom. The quantitative estimate of drug-likeness (QED) is 0.604. The Hall–Kier alpha value is -1.15. The molecule has 21 heavy (non-hydrogen) atoms. The molecule has 1 amide bonds. The molecule has 2 rings (SSSR count). The van der Waals surface area contributed by atoms with Crippen molar-refractivity contribution in [2.24, 2.45) is 0 Å². The number of hydrogen-bond donors (Lipinski definition) is 0. The second-order valence-corrected chi connectivity index (χ2v) is 8.78. The summed E-state index contributed by atoms with van der Waals surface area (Å²) in [5.41, 5.74) is 1.74. The van der Waals surface area contributed by atoms with Gasteiger partial charge in [0.05, 0.1) is 16.8 Å². The first-order chi connectivity index (χ1) is 9.77. The van der Waals surface area contributed by atoms with Crippen LogP contribution < -0.4 is 0 Å². The average Bonchev–Trinajstić information content (AvgIpc) is 2.36. The lowest BCUT2D eigenvalue weighted by Crippen LogP contribution is -2.46. The van der Waals surface area contributed by atoms with E-state index in [9.17, 15) is 13.2 Å². The molecule has 0 radical (unpaired) electrons. The fraction of sp³-hybridized carbons (Fsp3) is 0.615. The van der Waals surface area contributed by atoms with E-state index < -0.39 is 9.84 Å². The predicted octanol–water partition coefficient (Wildman–Crippen LogP) is 0.831. The molecule has 1 aliphatic rings. The molecule has 1 saturated heterocycles. The normalized spacial score (nSPS) is 19.3. The molecule has 1 aliphatic heterocycles. The van der Waals surface area contributed by atoms with Crippen molar-refractivity contribution in [1.82, 2.24) is 14.9 Å². The molecule has 0 aromatic carbocycles. The van der Waals surface area contributed by atoms with Gasteiger partial charge in [-0.15, -0.1) is 0 Å². The Kier molecular flexibility index (Phi) is 4.88. The standard InChI is InChI=1S/C13H19N3O3S2/c1-9-8-10(2)15-13(14-9)20-11(3)12(17)16-4-6-21(18,19)7-5-16/h8,11H,4-7H2,1-3H3. The molecular weight excluding hydrogens is 310 g/mol. The van der Waals surface area contributed by atoms with Gasteiger partial charge in [0.25, 0.3) is 0 Å². The van der Waals surface area contributed by atoms with Crippen LogP contribution in [0.25, 0.3) is 0 Å². The Morgan fingerprint density at radius 2 is 1.76 bits per heavy atom. The minimum atomic E-state index is -2.97. The Labute approximate surface area is 129 Å². The summed E-state index contributed by atoms with van der Waals surface area (Å²) in [7, 11) is -2.97. The summed E-state index contributed by atoms with van der Waals surface area (Å²) in [5, 5.41) is 0.255. The van der Waals surface area contributed by atoms with Gasteiger partial charge in [0.2, 0.25) is 5.91 Å². The van der Waals surface area contributed by atoms with E-state index >= 15 is 0 Å². The second kappa shape index (κ2) is 6.31. The molecular formula is C13H19N3O3S2. The van der Waals surface area contributed by atoms with Crippen LogP contribution in [0.2, 0.25) is 0 Å². The zero-order chi connectivity index (χ0) is 15.6. The van der Waals surface area contributed by atoms with Crippen molar-refractivity contribution in [3.63, 3.8) is 0 Å². The lowest BCUT2D eigenvalue weighted by molar-refractivity contribution is -0.129. The number of aromatic nitrogens is 2. The van der Waals surface area contributed by atoms with Crippen molar-refractivity contribution in [3.05, 3.63) is 17.5 Å².